The number of benzene rings is 3. The minimum absolute atomic E-state index is 0.0574. The van der Waals surface area contributed by atoms with E-state index in [1.165, 1.54) is 0 Å². The van der Waals surface area contributed by atoms with Crippen LogP contribution >= 0.6 is 0 Å². The molecule has 0 bridgehead atoms. The molecular formula is C38H35N5. The molecule has 0 aliphatic carbocycles. The molecule has 0 fully saturated rings. The van der Waals surface area contributed by atoms with Crippen molar-refractivity contribution in [3.05, 3.63) is 115 Å². The molecule has 7 rings (SSSR count). The number of hydrogen-bond acceptors (Lipinski definition) is 4. The van der Waals surface area contributed by atoms with E-state index in [-0.39, 0.29) is 10.8 Å². The number of hydrogen-bond donors (Lipinski definition) is 0. The first kappa shape index (κ1) is 27.0. The molecule has 0 aliphatic heterocycles. The van der Waals surface area contributed by atoms with Crippen molar-refractivity contribution in [2.24, 2.45) is 0 Å². The van der Waals surface area contributed by atoms with Crippen LogP contribution in [0, 0.1) is 0 Å². The van der Waals surface area contributed by atoms with Crippen LogP contribution in [-0.2, 0) is 10.8 Å². The van der Waals surface area contributed by atoms with E-state index in [0.29, 0.717) is 5.82 Å². The van der Waals surface area contributed by atoms with Gasteiger partial charge in [0.25, 0.3) is 0 Å². The molecule has 5 nitrogen and oxygen atoms in total. The maximum atomic E-state index is 5.24. The summed E-state index contributed by atoms with van der Waals surface area (Å²) in [6.45, 7) is 13.2. The van der Waals surface area contributed by atoms with Crippen LogP contribution in [-0.4, -0.2) is 24.6 Å². The van der Waals surface area contributed by atoms with Crippen LogP contribution in [0.2, 0.25) is 0 Å². The zero-order valence-electron chi connectivity index (χ0n) is 25.6. The Hall–Kier alpha value is -4.90. The van der Waals surface area contributed by atoms with Gasteiger partial charge in [0.05, 0.1) is 11.0 Å². The summed E-state index contributed by atoms with van der Waals surface area (Å²) in [5, 5.41) is 7.07. The van der Waals surface area contributed by atoms with Gasteiger partial charge in [0.1, 0.15) is 0 Å². The third-order valence-electron chi connectivity index (χ3n) is 8.05. The first-order valence-corrected chi connectivity index (χ1v) is 14.8. The summed E-state index contributed by atoms with van der Waals surface area (Å²) in [5.74, 6) is 0.698. The van der Waals surface area contributed by atoms with Gasteiger partial charge in [-0.25, -0.2) is 19.5 Å². The van der Waals surface area contributed by atoms with Gasteiger partial charge in [-0.2, -0.15) is 0 Å². The van der Waals surface area contributed by atoms with E-state index in [1.807, 2.05) is 35.0 Å². The molecule has 4 aromatic heterocycles. The molecular weight excluding hydrogens is 526 g/mol. The van der Waals surface area contributed by atoms with Gasteiger partial charge in [0.15, 0.2) is 11.5 Å². The van der Waals surface area contributed by atoms with Crippen molar-refractivity contribution >= 4 is 27.5 Å². The van der Waals surface area contributed by atoms with Gasteiger partial charge < -0.3 is 0 Å². The predicted octanol–water partition coefficient (Wildman–Crippen LogP) is 9.42. The van der Waals surface area contributed by atoms with E-state index in [0.717, 1.165) is 66.7 Å². The Morgan fingerprint density at radius 2 is 1.23 bits per heavy atom. The largest absolute Gasteiger partial charge is 0.250 e. The van der Waals surface area contributed by atoms with E-state index < -0.39 is 0 Å². The molecule has 4 heterocycles. The Morgan fingerprint density at radius 3 is 2.00 bits per heavy atom. The summed E-state index contributed by atoms with van der Waals surface area (Å²) in [6, 6.07) is 33.9. The number of rotatable bonds is 3. The molecule has 5 heteroatoms. The normalized spacial score (nSPS) is 12.4. The van der Waals surface area contributed by atoms with Gasteiger partial charge in [-0.05, 0) is 47.0 Å². The Bertz CT molecular complexity index is 2140. The summed E-state index contributed by atoms with van der Waals surface area (Å²) in [6.07, 6.45) is 2.04. The highest BCUT2D eigenvalue weighted by Crippen LogP contribution is 2.37. The molecule has 0 N–H and O–H groups in total. The maximum absolute atomic E-state index is 5.24. The smallest absolute Gasteiger partial charge is 0.182 e. The fourth-order valence-electron chi connectivity index (χ4n) is 5.54. The van der Waals surface area contributed by atoms with Crippen molar-refractivity contribution < 1.29 is 0 Å². The topological polar surface area (TPSA) is 56.0 Å². The fourth-order valence-corrected chi connectivity index (χ4v) is 5.54. The standard InChI is InChI=1S/C38H35N5/c1-37(2,3)31-19-16-25-15-18-29-30(22-32(38(4,5)6)40-35(29)34(25)39-31)26-13-10-14-27(21-26)36-41-33-20-17-28(23-43(33)42-36)24-11-8-7-9-12-24/h7-23H,1-6H3. The molecule has 0 radical (unpaired) electrons. The average molecular weight is 562 g/mol. The highest BCUT2D eigenvalue weighted by molar-refractivity contribution is 6.08. The molecule has 3 aromatic carbocycles. The second kappa shape index (κ2) is 9.84. The van der Waals surface area contributed by atoms with Crippen molar-refractivity contribution in [3.8, 4) is 33.6 Å². The van der Waals surface area contributed by atoms with Crippen molar-refractivity contribution in [1.82, 2.24) is 24.6 Å². The molecule has 0 spiro atoms. The monoisotopic (exact) mass is 561 g/mol. The molecule has 0 saturated heterocycles. The number of pyridine rings is 3. The lowest BCUT2D eigenvalue weighted by Gasteiger charge is -2.22. The first-order valence-electron chi connectivity index (χ1n) is 14.8. The van der Waals surface area contributed by atoms with E-state index >= 15 is 0 Å². The first-order chi connectivity index (χ1) is 20.5. The molecule has 7 aromatic rings. The molecule has 212 valence electrons. The van der Waals surface area contributed by atoms with Gasteiger partial charge in [0.2, 0.25) is 0 Å². The molecule has 0 saturated carbocycles. The van der Waals surface area contributed by atoms with Crippen LogP contribution in [0.3, 0.4) is 0 Å². The van der Waals surface area contributed by atoms with Crippen molar-refractivity contribution in [1.29, 1.82) is 0 Å². The van der Waals surface area contributed by atoms with E-state index in [2.05, 4.69) is 114 Å². The van der Waals surface area contributed by atoms with Crippen molar-refractivity contribution in [2.75, 3.05) is 0 Å². The van der Waals surface area contributed by atoms with Crippen LogP contribution in [0.4, 0.5) is 0 Å². The third kappa shape index (κ3) is 4.95. The van der Waals surface area contributed by atoms with E-state index in [9.17, 15) is 0 Å². The van der Waals surface area contributed by atoms with Crippen molar-refractivity contribution in [2.45, 2.75) is 52.4 Å². The SMILES string of the molecule is CC(C)(C)c1ccc2ccc3c(-c4cccc(-c5nc6ccc(-c7ccccc7)cn6n5)c4)cc(C(C)(C)C)nc3c2n1. The third-order valence-corrected chi connectivity index (χ3v) is 8.05. The zero-order valence-corrected chi connectivity index (χ0v) is 25.6. The molecule has 43 heavy (non-hydrogen) atoms. The van der Waals surface area contributed by atoms with Gasteiger partial charge in [-0.1, -0.05) is 108 Å². The molecule has 0 unspecified atom stereocenters. The highest BCUT2D eigenvalue weighted by Gasteiger charge is 2.22. The summed E-state index contributed by atoms with van der Waals surface area (Å²) < 4.78 is 1.87. The lowest BCUT2D eigenvalue weighted by molar-refractivity contribution is 0.570. The maximum Gasteiger partial charge on any atom is 0.182 e. The Labute approximate surface area is 252 Å². The Morgan fingerprint density at radius 1 is 0.535 bits per heavy atom. The quantitative estimate of drug-likeness (QED) is 0.202. The van der Waals surface area contributed by atoms with Gasteiger partial charge in [0, 0.05) is 50.3 Å². The van der Waals surface area contributed by atoms with Gasteiger partial charge in [-0.3, -0.25) is 0 Å². The number of fused-ring (bicyclic) bond motifs is 4. The lowest BCUT2D eigenvalue weighted by Crippen LogP contribution is -2.15. The number of aromatic nitrogens is 5. The second-order valence-corrected chi connectivity index (χ2v) is 13.4. The Balaban J connectivity index is 1.39. The molecule has 0 atom stereocenters. The van der Waals surface area contributed by atoms with Crippen LogP contribution in [0.1, 0.15) is 52.9 Å². The van der Waals surface area contributed by atoms with Crippen molar-refractivity contribution in [3.63, 3.8) is 0 Å². The summed E-state index contributed by atoms with van der Waals surface area (Å²) >= 11 is 0. The highest BCUT2D eigenvalue weighted by atomic mass is 15.3. The summed E-state index contributed by atoms with van der Waals surface area (Å²) in [7, 11) is 0. The second-order valence-electron chi connectivity index (χ2n) is 13.4. The summed E-state index contributed by atoms with van der Waals surface area (Å²) in [4.78, 5) is 15.3. The zero-order chi connectivity index (χ0) is 29.9. The van der Waals surface area contributed by atoms with Crippen LogP contribution in [0.15, 0.2) is 103 Å². The van der Waals surface area contributed by atoms with Crippen LogP contribution in [0.25, 0.3) is 61.1 Å². The number of nitrogens with zero attached hydrogens (tertiary/aromatic N) is 5. The van der Waals surface area contributed by atoms with Crippen LogP contribution < -0.4 is 0 Å². The molecule has 0 amide bonds. The van der Waals surface area contributed by atoms with Gasteiger partial charge >= 0.3 is 0 Å². The van der Waals surface area contributed by atoms with E-state index in [4.69, 9.17) is 20.1 Å². The average Bonchev–Trinajstić information content (AvgIpc) is 3.43. The minimum atomic E-state index is -0.135. The predicted molar refractivity (Wildman–Crippen MR) is 177 cm³/mol. The summed E-state index contributed by atoms with van der Waals surface area (Å²) in [5.41, 5.74) is 10.1. The van der Waals surface area contributed by atoms with E-state index in [1.54, 1.807) is 0 Å². The molecule has 0 aliphatic rings. The lowest BCUT2D eigenvalue weighted by atomic mass is 9.87. The minimum Gasteiger partial charge on any atom is -0.250 e. The van der Waals surface area contributed by atoms with Crippen LogP contribution in [0.5, 0.6) is 0 Å². The Kier molecular flexibility index (Phi) is 6.17. The van der Waals surface area contributed by atoms with Gasteiger partial charge in [-0.15, -0.1) is 5.10 Å². The fraction of sp³-hybridized carbons (Fsp3) is 0.211.